The van der Waals surface area contributed by atoms with Gasteiger partial charge in [0.15, 0.2) is 0 Å². The molecule has 6 nitrogen and oxygen atoms in total. The number of pyridine rings is 1. The first-order chi connectivity index (χ1) is 13.5. The van der Waals surface area contributed by atoms with Crippen molar-refractivity contribution in [3.8, 4) is 5.75 Å². The molecule has 1 aromatic heterocycles. The molecule has 0 bridgehead atoms. The predicted octanol–water partition coefficient (Wildman–Crippen LogP) is 4.15. The fourth-order valence-electron chi connectivity index (χ4n) is 3.03. The Morgan fingerprint density at radius 3 is 2.32 bits per heavy atom. The Bertz CT molecular complexity index is 1060. The van der Waals surface area contributed by atoms with E-state index in [1.54, 1.807) is 31.4 Å². The van der Waals surface area contributed by atoms with Crippen molar-refractivity contribution in [2.45, 2.75) is 19.8 Å². The van der Waals surface area contributed by atoms with E-state index in [0.29, 0.717) is 16.9 Å². The molecular weight excluding hydrogens is 354 g/mol. The van der Waals surface area contributed by atoms with E-state index in [2.05, 4.69) is 15.6 Å². The maximum absolute atomic E-state index is 12.7. The van der Waals surface area contributed by atoms with Gasteiger partial charge in [-0.1, -0.05) is 0 Å². The number of anilines is 2. The van der Waals surface area contributed by atoms with Crippen LogP contribution in [0.2, 0.25) is 0 Å². The lowest BCUT2D eigenvalue weighted by Crippen LogP contribution is -2.15. The topological polar surface area (TPSA) is 80.3 Å². The average molecular weight is 375 g/mol. The zero-order valence-corrected chi connectivity index (χ0v) is 15.8. The number of aryl methyl sites for hydroxylation is 1. The number of hydrogen-bond donors (Lipinski definition) is 2. The fourth-order valence-corrected chi connectivity index (χ4v) is 3.03. The molecular formula is C22H21N3O3. The molecule has 2 N–H and O–H groups in total. The zero-order valence-electron chi connectivity index (χ0n) is 15.8. The molecule has 6 heteroatoms. The van der Waals surface area contributed by atoms with E-state index in [0.717, 1.165) is 35.2 Å². The Kier molecular flexibility index (Phi) is 4.69. The highest BCUT2D eigenvalue weighted by atomic mass is 16.5. The number of nitrogens with one attached hydrogen (secondary N) is 2. The predicted molar refractivity (Wildman–Crippen MR) is 109 cm³/mol. The number of aromatic nitrogens is 1. The van der Waals surface area contributed by atoms with Crippen LogP contribution in [-0.2, 0) is 4.79 Å². The Morgan fingerprint density at radius 2 is 1.68 bits per heavy atom. The third-order valence-electron chi connectivity index (χ3n) is 4.82. The van der Waals surface area contributed by atoms with Crippen LogP contribution < -0.4 is 15.4 Å². The summed E-state index contributed by atoms with van der Waals surface area (Å²) >= 11 is 0. The molecule has 2 aromatic carbocycles. The number of fused-ring (bicyclic) bond motifs is 1. The molecule has 0 radical (unpaired) electrons. The third-order valence-corrected chi connectivity index (χ3v) is 4.82. The molecule has 2 amide bonds. The van der Waals surface area contributed by atoms with Crippen LogP contribution in [0.25, 0.3) is 10.9 Å². The van der Waals surface area contributed by atoms with Gasteiger partial charge in [0, 0.05) is 28.7 Å². The van der Waals surface area contributed by atoms with E-state index in [9.17, 15) is 9.59 Å². The van der Waals surface area contributed by atoms with E-state index >= 15 is 0 Å². The normalized spacial score (nSPS) is 13.2. The molecule has 1 saturated carbocycles. The van der Waals surface area contributed by atoms with Crippen LogP contribution >= 0.6 is 0 Å². The van der Waals surface area contributed by atoms with Gasteiger partial charge in [-0.2, -0.15) is 0 Å². The van der Waals surface area contributed by atoms with Gasteiger partial charge in [0.05, 0.1) is 23.9 Å². The minimum atomic E-state index is -0.225. The molecule has 3 aromatic rings. The number of hydrogen-bond acceptors (Lipinski definition) is 4. The van der Waals surface area contributed by atoms with Crippen molar-refractivity contribution in [2.24, 2.45) is 5.92 Å². The maximum atomic E-state index is 12.7. The fraction of sp³-hybridized carbons (Fsp3) is 0.227. The van der Waals surface area contributed by atoms with Gasteiger partial charge >= 0.3 is 0 Å². The van der Waals surface area contributed by atoms with Crippen LogP contribution in [0.15, 0.2) is 48.5 Å². The number of rotatable bonds is 5. The highest BCUT2D eigenvalue weighted by molar-refractivity contribution is 6.07. The molecule has 1 aliphatic carbocycles. The molecule has 0 aliphatic heterocycles. The quantitative estimate of drug-likeness (QED) is 0.702. The number of amides is 2. The monoisotopic (exact) mass is 375 g/mol. The van der Waals surface area contributed by atoms with E-state index < -0.39 is 0 Å². The third kappa shape index (κ3) is 3.81. The minimum Gasteiger partial charge on any atom is -0.497 e. The summed E-state index contributed by atoms with van der Waals surface area (Å²) < 4.78 is 5.22. The SMILES string of the molecule is COc1ccc2cc(C(=O)Nc3ccc(NC(=O)C4CC4)cc3)c(C)nc2c1. The van der Waals surface area contributed by atoms with E-state index in [1.165, 1.54) is 0 Å². The number of benzene rings is 2. The lowest BCUT2D eigenvalue weighted by atomic mass is 10.1. The molecule has 0 atom stereocenters. The van der Waals surface area contributed by atoms with Gasteiger partial charge in [-0.25, -0.2) is 0 Å². The van der Waals surface area contributed by atoms with Gasteiger partial charge in [0.1, 0.15) is 5.75 Å². The van der Waals surface area contributed by atoms with E-state index in [4.69, 9.17) is 4.74 Å². The van der Waals surface area contributed by atoms with Gasteiger partial charge in [0.25, 0.3) is 5.91 Å². The Labute approximate surface area is 162 Å². The highest BCUT2D eigenvalue weighted by Crippen LogP contribution is 2.30. The lowest BCUT2D eigenvalue weighted by molar-refractivity contribution is -0.117. The van der Waals surface area contributed by atoms with Gasteiger partial charge < -0.3 is 15.4 Å². The lowest BCUT2D eigenvalue weighted by Gasteiger charge is -2.10. The van der Waals surface area contributed by atoms with Gasteiger partial charge in [0.2, 0.25) is 5.91 Å². The minimum absolute atomic E-state index is 0.0614. The smallest absolute Gasteiger partial charge is 0.257 e. The summed E-state index contributed by atoms with van der Waals surface area (Å²) in [6, 6.07) is 14.5. The van der Waals surface area contributed by atoms with Crippen molar-refractivity contribution in [2.75, 3.05) is 17.7 Å². The van der Waals surface area contributed by atoms with Crippen molar-refractivity contribution in [1.29, 1.82) is 0 Å². The molecule has 0 saturated heterocycles. The Balaban J connectivity index is 1.49. The van der Waals surface area contributed by atoms with Crippen molar-refractivity contribution in [3.05, 3.63) is 59.8 Å². The van der Waals surface area contributed by atoms with Crippen molar-refractivity contribution in [1.82, 2.24) is 4.98 Å². The Hall–Kier alpha value is -3.41. The summed E-state index contributed by atoms with van der Waals surface area (Å²) in [4.78, 5) is 29.1. The summed E-state index contributed by atoms with van der Waals surface area (Å²) in [5.41, 5.74) is 3.33. The maximum Gasteiger partial charge on any atom is 0.257 e. The second-order valence-electron chi connectivity index (χ2n) is 6.97. The summed E-state index contributed by atoms with van der Waals surface area (Å²) in [6.45, 7) is 1.81. The summed E-state index contributed by atoms with van der Waals surface area (Å²) in [7, 11) is 1.61. The average Bonchev–Trinajstić information content (AvgIpc) is 3.53. The van der Waals surface area contributed by atoms with Crippen LogP contribution in [0.3, 0.4) is 0 Å². The molecule has 0 spiro atoms. The van der Waals surface area contributed by atoms with Crippen molar-refractivity contribution >= 4 is 34.1 Å². The Morgan fingerprint density at radius 1 is 1.00 bits per heavy atom. The summed E-state index contributed by atoms with van der Waals surface area (Å²) in [5.74, 6) is 0.719. The first-order valence-corrected chi connectivity index (χ1v) is 9.21. The first kappa shape index (κ1) is 18.0. The zero-order chi connectivity index (χ0) is 19.7. The standard InChI is InChI=1S/C22H21N3O3/c1-13-19(11-15-5-10-18(28-2)12-20(15)23-13)22(27)25-17-8-6-16(7-9-17)24-21(26)14-3-4-14/h5-12,14H,3-4H2,1-2H3,(H,24,26)(H,25,27). The highest BCUT2D eigenvalue weighted by Gasteiger charge is 2.29. The number of nitrogens with zero attached hydrogens (tertiary/aromatic N) is 1. The van der Waals surface area contributed by atoms with Crippen molar-refractivity contribution in [3.63, 3.8) is 0 Å². The molecule has 0 unspecified atom stereocenters. The van der Waals surface area contributed by atoms with Crippen LogP contribution in [0, 0.1) is 12.8 Å². The molecule has 1 fully saturated rings. The second kappa shape index (κ2) is 7.31. The van der Waals surface area contributed by atoms with Crippen molar-refractivity contribution < 1.29 is 14.3 Å². The van der Waals surface area contributed by atoms with E-state index in [-0.39, 0.29) is 17.7 Å². The van der Waals surface area contributed by atoms with Crippen LogP contribution in [-0.4, -0.2) is 23.9 Å². The largest absolute Gasteiger partial charge is 0.497 e. The second-order valence-corrected chi connectivity index (χ2v) is 6.97. The summed E-state index contributed by atoms with van der Waals surface area (Å²) in [5, 5.41) is 6.64. The van der Waals surface area contributed by atoms with Gasteiger partial charge in [-0.3, -0.25) is 14.6 Å². The first-order valence-electron chi connectivity index (χ1n) is 9.21. The number of methoxy groups -OCH3 is 1. The molecule has 28 heavy (non-hydrogen) atoms. The van der Waals surface area contributed by atoms with Crippen LogP contribution in [0.1, 0.15) is 28.9 Å². The summed E-state index contributed by atoms with van der Waals surface area (Å²) in [6.07, 6.45) is 1.93. The molecule has 1 aliphatic rings. The molecule has 4 rings (SSSR count). The molecule has 1 heterocycles. The van der Waals surface area contributed by atoms with Gasteiger partial charge in [-0.15, -0.1) is 0 Å². The number of ether oxygens (including phenoxy) is 1. The number of carbonyl (C=O) groups excluding carboxylic acids is 2. The van der Waals surface area contributed by atoms with E-state index in [1.807, 2.05) is 31.2 Å². The van der Waals surface area contributed by atoms with Gasteiger partial charge in [-0.05, 0) is 62.2 Å². The number of carbonyl (C=O) groups is 2. The van der Waals surface area contributed by atoms with Crippen LogP contribution in [0.5, 0.6) is 5.75 Å². The van der Waals surface area contributed by atoms with Crippen LogP contribution in [0.4, 0.5) is 11.4 Å². The molecule has 142 valence electrons.